The van der Waals surface area contributed by atoms with Gasteiger partial charge in [-0.15, -0.1) is 5.10 Å². The second-order valence-electron chi connectivity index (χ2n) is 8.27. The van der Waals surface area contributed by atoms with Crippen LogP contribution in [0.3, 0.4) is 0 Å². The standard InChI is InChI=1S/C28H18N4O2/c33-26-21-15-7-9-17-23(21)29-27-28(22-16-8-10-18-24(22)31(26)27)32(20-13-5-2-6-14-20)30-25(34-28)19-11-3-1-4-12-19/h1-18H. The molecular formula is C28H18N4O2. The number of para-hydroxylation sites is 3. The Bertz CT molecular complexity index is 1660. The summed E-state index contributed by atoms with van der Waals surface area (Å²) in [6, 6.07) is 34.8. The molecule has 6 heteroatoms. The maximum Gasteiger partial charge on any atom is 0.291 e. The zero-order valence-electron chi connectivity index (χ0n) is 18.0. The van der Waals surface area contributed by atoms with E-state index in [-0.39, 0.29) is 5.56 Å². The summed E-state index contributed by atoms with van der Waals surface area (Å²) in [4.78, 5) is 18.7. The summed E-state index contributed by atoms with van der Waals surface area (Å²) < 4.78 is 8.44. The molecule has 2 aliphatic heterocycles. The van der Waals surface area contributed by atoms with E-state index in [1.165, 1.54) is 0 Å². The number of hydrazone groups is 1. The van der Waals surface area contributed by atoms with Crippen LogP contribution in [0.15, 0.2) is 119 Å². The molecule has 0 fully saturated rings. The summed E-state index contributed by atoms with van der Waals surface area (Å²) in [5.74, 6) is 0.950. The fourth-order valence-electron chi connectivity index (χ4n) is 4.84. The molecule has 1 atom stereocenters. The van der Waals surface area contributed by atoms with Gasteiger partial charge in [0.15, 0.2) is 5.82 Å². The number of hydrogen-bond donors (Lipinski definition) is 0. The van der Waals surface area contributed by atoms with Crippen LogP contribution in [-0.4, -0.2) is 15.4 Å². The van der Waals surface area contributed by atoms with E-state index in [4.69, 9.17) is 14.8 Å². The molecule has 0 bridgehead atoms. The highest BCUT2D eigenvalue weighted by Gasteiger charge is 2.57. The van der Waals surface area contributed by atoms with Crippen LogP contribution in [0.2, 0.25) is 0 Å². The first-order valence-corrected chi connectivity index (χ1v) is 11.1. The second kappa shape index (κ2) is 6.89. The van der Waals surface area contributed by atoms with Crippen molar-refractivity contribution in [2.24, 2.45) is 5.10 Å². The molecule has 0 aliphatic carbocycles. The zero-order chi connectivity index (χ0) is 22.7. The molecule has 6 nitrogen and oxygen atoms in total. The Balaban J connectivity index is 1.58. The molecule has 0 N–H and O–H groups in total. The van der Waals surface area contributed by atoms with Crippen molar-refractivity contribution in [1.82, 2.24) is 9.55 Å². The van der Waals surface area contributed by atoms with Gasteiger partial charge in [0.1, 0.15) is 0 Å². The number of hydrogen-bond acceptors (Lipinski definition) is 5. The highest BCUT2D eigenvalue weighted by Crippen LogP contribution is 2.50. The van der Waals surface area contributed by atoms with Gasteiger partial charge in [-0.2, -0.15) is 0 Å². The third kappa shape index (κ3) is 2.42. The van der Waals surface area contributed by atoms with Gasteiger partial charge >= 0.3 is 0 Å². The van der Waals surface area contributed by atoms with Crippen LogP contribution in [0.5, 0.6) is 0 Å². The molecule has 3 heterocycles. The number of anilines is 1. The van der Waals surface area contributed by atoms with Crippen molar-refractivity contribution in [2.75, 3.05) is 5.01 Å². The number of ether oxygens (including phenoxy) is 1. The zero-order valence-corrected chi connectivity index (χ0v) is 18.0. The van der Waals surface area contributed by atoms with Crippen molar-refractivity contribution in [1.29, 1.82) is 0 Å². The van der Waals surface area contributed by atoms with Crippen LogP contribution in [-0.2, 0) is 10.5 Å². The van der Waals surface area contributed by atoms with E-state index >= 15 is 0 Å². The molecule has 34 heavy (non-hydrogen) atoms. The van der Waals surface area contributed by atoms with E-state index in [9.17, 15) is 4.79 Å². The van der Waals surface area contributed by atoms with Gasteiger partial charge < -0.3 is 4.74 Å². The quantitative estimate of drug-likeness (QED) is 0.394. The predicted octanol–water partition coefficient (Wildman–Crippen LogP) is 4.80. The first-order chi connectivity index (χ1) is 16.8. The second-order valence-corrected chi connectivity index (χ2v) is 8.27. The number of benzene rings is 4. The maximum atomic E-state index is 13.7. The van der Waals surface area contributed by atoms with Crippen LogP contribution in [0.4, 0.5) is 5.69 Å². The van der Waals surface area contributed by atoms with Gasteiger partial charge in [0.25, 0.3) is 11.3 Å². The van der Waals surface area contributed by atoms with Crippen molar-refractivity contribution < 1.29 is 4.74 Å². The lowest BCUT2D eigenvalue weighted by atomic mass is 10.0. The largest absolute Gasteiger partial charge is 0.435 e. The van der Waals surface area contributed by atoms with Gasteiger partial charge in [-0.05, 0) is 42.5 Å². The molecule has 4 aromatic carbocycles. The lowest BCUT2D eigenvalue weighted by Crippen LogP contribution is -2.43. The third-order valence-electron chi connectivity index (χ3n) is 6.34. The van der Waals surface area contributed by atoms with Gasteiger partial charge in [0.2, 0.25) is 5.90 Å². The molecule has 7 rings (SSSR count). The Kier molecular flexibility index (Phi) is 3.82. The van der Waals surface area contributed by atoms with Gasteiger partial charge in [0.05, 0.1) is 27.8 Å². The molecular weight excluding hydrogens is 424 g/mol. The van der Waals surface area contributed by atoms with E-state index in [0.29, 0.717) is 22.6 Å². The number of rotatable bonds is 2. The lowest BCUT2D eigenvalue weighted by Gasteiger charge is -2.32. The first kappa shape index (κ1) is 18.8. The van der Waals surface area contributed by atoms with Crippen LogP contribution < -0.4 is 10.6 Å². The average Bonchev–Trinajstić information content (AvgIpc) is 3.43. The van der Waals surface area contributed by atoms with Crippen LogP contribution in [0.1, 0.15) is 17.0 Å². The van der Waals surface area contributed by atoms with E-state index in [0.717, 1.165) is 22.5 Å². The normalized spacial score (nSPS) is 18.0. The molecule has 1 unspecified atom stereocenters. The van der Waals surface area contributed by atoms with Crippen molar-refractivity contribution in [3.05, 3.63) is 136 Å². The summed E-state index contributed by atoms with van der Waals surface area (Å²) in [6.07, 6.45) is 0. The summed E-state index contributed by atoms with van der Waals surface area (Å²) in [7, 11) is 0. The van der Waals surface area contributed by atoms with Gasteiger partial charge in [-0.25, -0.2) is 9.99 Å². The first-order valence-electron chi connectivity index (χ1n) is 11.1. The molecule has 2 aliphatic rings. The van der Waals surface area contributed by atoms with Crippen LogP contribution in [0, 0.1) is 0 Å². The molecule has 0 saturated heterocycles. The number of nitrogens with zero attached hydrogens (tertiary/aromatic N) is 4. The van der Waals surface area contributed by atoms with Gasteiger partial charge in [0, 0.05) is 5.56 Å². The smallest absolute Gasteiger partial charge is 0.291 e. The minimum absolute atomic E-state index is 0.130. The van der Waals surface area contributed by atoms with E-state index in [1.807, 2.05) is 114 Å². The summed E-state index contributed by atoms with van der Waals surface area (Å²) in [6.45, 7) is 0. The van der Waals surface area contributed by atoms with Crippen LogP contribution in [0.25, 0.3) is 16.6 Å². The molecule has 0 radical (unpaired) electrons. The molecule has 1 spiro atoms. The van der Waals surface area contributed by atoms with Crippen LogP contribution >= 0.6 is 0 Å². The molecule has 0 saturated carbocycles. The predicted molar refractivity (Wildman–Crippen MR) is 131 cm³/mol. The topological polar surface area (TPSA) is 59.7 Å². The van der Waals surface area contributed by atoms with Crippen molar-refractivity contribution in [3.8, 4) is 5.69 Å². The molecule has 5 aromatic rings. The number of aromatic nitrogens is 2. The Morgan fingerprint density at radius 3 is 2.24 bits per heavy atom. The highest BCUT2D eigenvalue weighted by atomic mass is 16.6. The maximum absolute atomic E-state index is 13.7. The monoisotopic (exact) mass is 442 g/mol. The SMILES string of the molecule is O=c1c2ccccc2nc2n1-c1ccccc1C21OC(c2ccccc2)=NN1c1ccccc1. The minimum atomic E-state index is -1.23. The average molecular weight is 442 g/mol. The van der Waals surface area contributed by atoms with Crippen molar-refractivity contribution >= 4 is 22.5 Å². The minimum Gasteiger partial charge on any atom is -0.435 e. The van der Waals surface area contributed by atoms with Gasteiger partial charge in [-0.3, -0.25) is 9.36 Å². The molecule has 162 valence electrons. The summed E-state index contributed by atoms with van der Waals surface area (Å²) >= 11 is 0. The number of fused-ring (bicyclic) bond motifs is 6. The Labute approximate surface area is 195 Å². The van der Waals surface area contributed by atoms with E-state index in [2.05, 4.69) is 0 Å². The summed E-state index contributed by atoms with van der Waals surface area (Å²) in [5.41, 5.74) is 2.50. The molecule has 0 amide bonds. The lowest BCUT2D eigenvalue weighted by molar-refractivity contribution is 0.116. The Morgan fingerprint density at radius 2 is 1.41 bits per heavy atom. The fourth-order valence-corrected chi connectivity index (χ4v) is 4.84. The van der Waals surface area contributed by atoms with Gasteiger partial charge in [-0.1, -0.05) is 66.7 Å². The van der Waals surface area contributed by atoms with Crippen molar-refractivity contribution in [2.45, 2.75) is 5.72 Å². The van der Waals surface area contributed by atoms with Crippen molar-refractivity contribution in [3.63, 3.8) is 0 Å². The highest BCUT2D eigenvalue weighted by molar-refractivity contribution is 5.97. The van der Waals surface area contributed by atoms with E-state index in [1.54, 1.807) is 4.57 Å². The Morgan fingerprint density at radius 1 is 0.735 bits per heavy atom. The summed E-state index contributed by atoms with van der Waals surface area (Å²) in [5, 5.41) is 7.35. The third-order valence-corrected chi connectivity index (χ3v) is 6.34. The fraction of sp³-hybridized carbons (Fsp3) is 0.0357. The Hall–Kier alpha value is -4.71. The van der Waals surface area contributed by atoms with E-state index < -0.39 is 5.72 Å². The molecule has 1 aromatic heterocycles.